The Morgan fingerprint density at radius 2 is 1.87 bits per heavy atom. The van der Waals surface area contributed by atoms with Crippen LogP contribution in [0.5, 0.6) is 0 Å². The number of aromatic nitrogens is 2. The summed E-state index contributed by atoms with van der Waals surface area (Å²) in [5, 5.41) is 0.732. The monoisotopic (exact) mass is 327 g/mol. The maximum Gasteiger partial charge on any atom is 0.258 e. The predicted octanol–water partition coefficient (Wildman–Crippen LogP) is 3.29. The number of rotatable bonds is 4. The second-order valence-corrected chi connectivity index (χ2v) is 6.26. The van der Waals surface area contributed by atoms with Crippen LogP contribution in [0.25, 0.3) is 5.65 Å². The van der Waals surface area contributed by atoms with Gasteiger partial charge in [-0.05, 0) is 43.3 Å². The number of hydrogen-bond acceptors (Lipinski definition) is 3. The normalized spacial score (nSPS) is 11.3. The molecule has 3 rings (SSSR count). The first kappa shape index (κ1) is 15.7. The van der Waals surface area contributed by atoms with Crippen LogP contribution >= 0.6 is 11.6 Å². The van der Waals surface area contributed by atoms with E-state index in [2.05, 4.69) is 9.88 Å². The number of hydrogen-bond donors (Lipinski definition) is 0. The smallest absolute Gasteiger partial charge is 0.258 e. The van der Waals surface area contributed by atoms with Gasteiger partial charge in [-0.3, -0.25) is 14.1 Å². The van der Waals surface area contributed by atoms with Gasteiger partial charge in [0.1, 0.15) is 5.65 Å². The first-order valence-corrected chi connectivity index (χ1v) is 7.81. The van der Waals surface area contributed by atoms with E-state index in [1.807, 2.05) is 56.6 Å². The van der Waals surface area contributed by atoms with Gasteiger partial charge in [-0.15, -0.1) is 0 Å². The van der Waals surface area contributed by atoms with Crippen molar-refractivity contribution in [3.8, 4) is 0 Å². The lowest BCUT2D eigenvalue weighted by Gasteiger charge is -2.16. The van der Waals surface area contributed by atoms with E-state index in [0.717, 1.165) is 22.8 Å². The molecule has 0 saturated heterocycles. The average molecular weight is 328 g/mol. The fourth-order valence-corrected chi connectivity index (χ4v) is 2.70. The highest BCUT2D eigenvalue weighted by Gasteiger charge is 2.06. The number of fused-ring (bicyclic) bond motifs is 1. The number of nitrogens with zero attached hydrogens (tertiary/aromatic N) is 3. The first-order valence-electron chi connectivity index (χ1n) is 7.43. The molecule has 0 N–H and O–H groups in total. The van der Waals surface area contributed by atoms with Gasteiger partial charge < -0.3 is 0 Å². The van der Waals surface area contributed by atoms with E-state index in [1.165, 1.54) is 5.56 Å². The summed E-state index contributed by atoms with van der Waals surface area (Å²) >= 11 is 5.90. The highest BCUT2D eigenvalue weighted by atomic mass is 35.5. The van der Waals surface area contributed by atoms with Crippen molar-refractivity contribution < 1.29 is 0 Å². The Bertz CT molecular complexity index is 887. The standard InChI is InChI=1S/C18H18ClN3O/c1-13-3-8-17-20-16(9-18(23)22(17)10-13)12-21(2)11-14-4-6-15(19)7-5-14/h3-10H,11-12H2,1-2H3. The fraction of sp³-hybridized carbons (Fsp3) is 0.222. The summed E-state index contributed by atoms with van der Waals surface area (Å²) < 4.78 is 1.58. The van der Waals surface area contributed by atoms with Gasteiger partial charge in [-0.1, -0.05) is 29.8 Å². The van der Waals surface area contributed by atoms with Crippen LogP contribution in [-0.4, -0.2) is 21.3 Å². The van der Waals surface area contributed by atoms with Gasteiger partial charge in [-0.2, -0.15) is 0 Å². The van der Waals surface area contributed by atoms with Crippen molar-refractivity contribution in [1.29, 1.82) is 0 Å². The molecule has 118 valence electrons. The highest BCUT2D eigenvalue weighted by molar-refractivity contribution is 6.30. The molecule has 0 bridgehead atoms. The molecule has 0 spiro atoms. The summed E-state index contributed by atoms with van der Waals surface area (Å²) in [6.07, 6.45) is 1.81. The number of pyridine rings is 1. The Morgan fingerprint density at radius 1 is 1.13 bits per heavy atom. The maximum atomic E-state index is 12.2. The van der Waals surface area contributed by atoms with Crippen LogP contribution in [0.4, 0.5) is 0 Å². The van der Waals surface area contributed by atoms with Crippen LogP contribution in [0.3, 0.4) is 0 Å². The highest BCUT2D eigenvalue weighted by Crippen LogP contribution is 2.12. The molecule has 0 aliphatic heterocycles. The van der Waals surface area contributed by atoms with Crippen LogP contribution < -0.4 is 5.56 Å². The molecular weight excluding hydrogens is 310 g/mol. The van der Waals surface area contributed by atoms with E-state index >= 15 is 0 Å². The summed E-state index contributed by atoms with van der Waals surface area (Å²) in [6, 6.07) is 13.2. The van der Waals surface area contributed by atoms with Crippen molar-refractivity contribution in [3.05, 3.63) is 80.9 Å². The van der Waals surface area contributed by atoms with Gasteiger partial charge in [0, 0.05) is 30.4 Å². The summed E-state index contributed by atoms with van der Waals surface area (Å²) in [6.45, 7) is 3.34. The van der Waals surface area contributed by atoms with Crippen LogP contribution in [0.1, 0.15) is 16.8 Å². The summed E-state index contributed by atoms with van der Waals surface area (Å²) in [5.41, 5.74) is 3.61. The van der Waals surface area contributed by atoms with Crippen LogP contribution in [-0.2, 0) is 13.1 Å². The molecule has 0 aliphatic rings. The third kappa shape index (κ3) is 3.78. The molecule has 0 atom stereocenters. The second kappa shape index (κ2) is 6.52. The Hall–Kier alpha value is -2.17. The van der Waals surface area contributed by atoms with E-state index < -0.39 is 0 Å². The third-order valence-corrected chi connectivity index (χ3v) is 3.91. The minimum atomic E-state index is -0.0476. The van der Waals surface area contributed by atoms with Crippen molar-refractivity contribution in [2.75, 3.05) is 7.05 Å². The van der Waals surface area contributed by atoms with Crippen molar-refractivity contribution >= 4 is 17.2 Å². The van der Waals surface area contributed by atoms with E-state index in [9.17, 15) is 4.79 Å². The molecule has 3 aromatic rings. The number of benzene rings is 1. The lowest BCUT2D eigenvalue weighted by atomic mass is 10.2. The molecule has 4 nitrogen and oxygen atoms in total. The lowest BCUT2D eigenvalue weighted by molar-refractivity contribution is 0.315. The van der Waals surface area contributed by atoms with Crippen molar-refractivity contribution in [2.24, 2.45) is 0 Å². The zero-order valence-corrected chi connectivity index (χ0v) is 13.9. The van der Waals surface area contributed by atoms with Gasteiger partial charge >= 0.3 is 0 Å². The molecule has 1 aromatic carbocycles. The Kier molecular flexibility index (Phi) is 4.46. The molecular formula is C18H18ClN3O. The van der Waals surface area contributed by atoms with Gasteiger partial charge in [0.2, 0.25) is 0 Å². The Morgan fingerprint density at radius 3 is 2.61 bits per heavy atom. The first-order chi connectivity index (χ1) is 11.0. The molecule has 0 radical (unpaired) electrons. The topological polar surface area (TPSA) is 37.6 Å². The molecule has 23 heavy (non-hydrogen) atoms. The molecule has 2 heterocycles. The second-order valence-electron chi connectivity index (χ2n) is 5.82. The van der Waals surface area contributed by atoms with Gasteiger partial charge in [0.25, 0.3) is 5.56 Å². The van der Waals surface area contributed by atoms with E-state index in [1.54, 1.807) is 10.5 Å². The van der Waals surface area contributed by atoms with Crippen molar-refractivity contribution in [1.82, 2.24) is 14.3 Å². The lowest BCUT2D eigenvalue weighted by Crippen LogP contribution is -2.21. The minimum Gasteiger partial charge on any atom is -0.296 e. The number of aryl methyl sites for hydroxylation is 1. The Balaban J connectivity index is 1.79. The maximum absolute atomic E-state index is 12.2. The summed E-state index contributed by atoms with van der Waals surface area (Å²) in [7, 11) is 2.01. The SMILES string of the molecule is Cc1ccc2nc(CN(C)Cc3ccc(Cl)cc3)cc(=O)n2c1. The molecule has 0 saturated carbocycles. The van der Waals surface area contributed by atoms with Crippen LogP contribution in [0.2, 0.25) is 5.02 Å². The summed E-state index contributed by atoms with van der Waals surface area (Å²) in [5.74, 6) is 0. The zero-order valence-electron chi connectivity index (χ0n) is 13.2. The average Bonchev–Trinajstić information content (AvgIpc) is 2.50. The number of halogens is 1. The summed E-state index contributed by atoms with van der Waals surface area (Å²) in [4.78, 5) is 18.9. The molecule has 0 unspecified atom stereocenters. The molecule has 2 aromatic heterocycles. The zero-order chi connectivity index (χ0) is 16.4. The van der Waals surface area contributed by atoms with E-state index in [4.69, 9.17) is 11.6 Å². The fourth-order valence-electron chi connectivity index (χ4n) is 2.57. The van der Waals surface area contributed by atoms with Gasteiger partial charge in [-0.25, -0.2) is 4.98 Å². The van der Waals surface area contributed by atoms with Crippen molar-refractivity contribution in [3.63, 3.8) is 0 Å². The van der Waals surface area contributed by atoms with Gasteiger partial charge in [0.15, 0.2) is 0 Å². The largest absolute Gasteiger partial charge is 0.296 e. The molecule has 0 aliphatic carbocycles. The van der Waals surface area contributed by atoms with Crippen LogP contribution in [0, 0.1) is 6.92 Å². The molecule has 5 heteroatoms. The Labute approximate surface area is 140 Å². The van der Waals surface area contributed by atoms with Crippen LogP contribution in [0.15, 0.2) is 53.5 Å². The molecule has 0 fully saturated rings. The van der Waals surface area contributed by atoms with E-state index in [0.29, 0.717) is 12.2 Å². The molecule has 0 amide bonds. The third-order valence-electron chi connectivity index (χ3n) is 3.66. The predicted molar refractivity (Wildman–Crippen MR) is 92.8 cm³/mol. The van der Waals surface area contributed by atoms with E-state index in [-0.39, 0.29) is 5.56 Å². The minimum absolute atomic E-state index is 0.0476. The van der Waals surface area contributed by atoms with Gasteiger partial charge in [0.05, 0.1) is 5.69 Å². The van der Waals surface area contributed by atoms with Crippen molar-refractivity contribution in [2.45, 2.75) is 20.0 Å². The quantitative estimate of drug-likeness (QED) is 0.738.